The predicted octanol–water partition coefficient (Wildman–Crippen LogP) is 6.25. The second-order valence-electron chi connectivity index (χ2n) is 9.29. The van der Waals surface area contributed by atoms with E-state index in [4.69, 9.17) is 9.47 Å². The van der Waals surface area contributed by atoms with Crippen LogP contribution in [0.25, 0.3) is 11.1 Å². The Morgan fingerprint density at radius 3 is 2.43 bits per heavy atom. The summed E-state index contributed by atoms with van der Waals surface area (Å²) in [4.78, 5) is 36.8. The average molecular weight is 571 g/mol. The lowest BCUT2D eigenvalue weighted by Crippen LogP contribution is -2.32. The van der Waals surface area contributed by atoms with Crippen molar-refractivity contribution in [2.24, 2.45) is 0 Å². The maximum atomic E-state index is 14.6. The average Bonchev–Trinajstić information content (AvgIpc) is 2.83. The van der Waals surface area contributed by atoms with Gasteiger partial charge in [-0.15, -0.1) is 0 Å². The largest absolute Gasteiger partial charge is 0.469 e. The minimum atomic E-state index is -0.610. The summed E-state index contributed by atoms with van der Waals surface area (Å²) < 4.78 is 25.3. The zero-order valence-corrected chi connectivity index (χ0v) is 22.6. The van der Waals surface area contributed by atoms with Gasteiger partial charge in [-0.25, -0.2) is 9.18 Å². The number of anilines is 1. The SMILES string of the molecule is COC(=O)Cc1cc(Br)ccc1NC(=O)c1cc(F)cc(-c2cccc(CNC(=O)OC(C)(C)C)c2)c1. The number of benzene rings is 3. The summed E-state index contributed by atoms with van der Waals surface area (Å²) in [6.45, 7) is 5.56. The number of methoxy groups -OCH3 is 1. The molecule has 0 atom stereocenters. The van der Waals surface area contributed by atoms with Crippen molar-refractivity contribution in [3.8, 4) is 11.1 Å². The van der Waals surface area contributed by atoms with Gasteiger partial charge in [-0.1, -0.05) is 34.1 Å². The van der Waals surface area contributed by atoms with E-state index in [9.17, 15) is 18.8 Å². The van der Waals surface area contributed by atoms with Crippen LogP contribution in [0.3, 0.4) is 0 Å². The summed E-state index contributed by atoms with van der Waals surface area (Å²) >= 11 is 3.36. The fourth-order valence-electron chi connectivity index (χ4n) is 3.49. The van der Waals surface area contributed by atoms with Crippen LogP contribution in [-0.2, 0) is 27.2 Å². The van der Waals surface area contributed by atoms with Gasteiger partial charge in [0.05, 0.1) is 13.5 Å². The Balaban J connectivity index is 1.80. The monoisotopic (exact) mass is 570 g/mol. The number of hydrogen-bond acceptors (Lipinski definition) is 5. The summed E-state index contributed by atoms with van der Waals surface area (Å²) in [5.41, 5.74) is 2.42. The molecule has 0 aliphatic carbocycles. The van der Waals surface area contributed by atoms with Crippen LogP contribution in [0, 0.1) is 5.82 Å². The van der Waals surface area contributed by atoms with Gasteiger partial charge in [-0.3, -0.25) is 9.59 Å². The number of rotatable bonds is 7. The molecule has 3 aromatic carbocycles. The van der Waals surface area contributed by atoms with E-state index in [0.29, 0.717) is 22.4 Å². The van der Waals surface area contributed by atoms with Crippen LogP contribution in [0.5, 0.6) is 0 Å². The molecule has 2 amide bonds. The molecule has 9 heteroatoms. The Bertz CT molecular complexity index is 1320. The van der Waals surface area contributed by atoms with Crippen molar-refractivity contribution in [3.05, 3.63) is 87.6 Å². The minimum absolute atomic E-state index is 0.0376. The lowest BCUT2D eigenvalue weighted by atomic mass is 10.00. The zero-order valence-electron chi connectivity index (χ0n) is 21.0. The Kier molecular flexibility index (Phi) is 9.04. The Labute approximate surface area is 223 Å². The molecule has 0 spiro atoms. The zero-order chi connectivity index (χ0) is 27.2. The first-order valence-corrected chi connectivity index (χ1v) is 12.3. The van der Waals surface area contributed by atoms with E-state index >= 15 is 0 Å². The number of alkyl carbamates (subject to hydrolysis) is 1. The van der Waals surface area contributed by atoms with E-state index < -0.39 is 29.4 Å². The first-order chi connectivity index (χ1) is 17.4. The quantitative estimate of drug-likeness (QED) is 0.327. The summed E-state index contributed by atoms with van der Waals surface area (Å²) in [7, 11) is 1.29. The van der Waals surface area contributed by atoms with Crippen molar-refractivity contribution in [1.82, 2.24) is 5.32 Å². The van der Waals surface area contributed by atoms with E-state index in [-0.39, 0.29) is 18.5 Å². The third kappa shape index (κ3) is 8.42. The lowest BCUT2D eigenvalue weighted by molar-refractivity contribution is -0.139. The molecule has 0 aliphatic rings. The van der Waals surface area contributed by atoms with Crippen LogP contribution < -0.4 is 10.6 Å². The van der Waals surface area contributed by atoms with E-state index in [1.165, 1.54) is 13.2 Å². The number of amides is 2. The number of ether oxygens (including phenoxy) is 2. The summed E-state index contributed by atoms with van der Waals surface area (Å²) in [6, 6.07) is 16.3. The Morgan fingerprint density at radius 1 is 0.973 bits per heavy atom. The normalized spacial score (nSPS) is 11.0. The first kappa shape index (κ1) is 27.9. The van der Waals surface area contributed by atoms with E-state index in [2.05, 4.69) is 26.6 Å². The number of halogens is 2. The molecule has 0 unspecified atom stereocenters. The fourth-order valence-corrected chi connectivity index (χ4v) is 3.90. The van der Waals surface area contributed by atoms with E-state index in [1.54, 1.807) is 63.2 Å². The molecule has 0 aliphatic heterocycles. The molecule has 0 aromatic heterocycles. The van der Waals surface area contributed by atoms with Crippen molar-refractivity contribution in [3.63, 3.8) is 0 Å². The van der Waals surface area contributed by atoms with Gasteiger partial charge >= 0.3 is 12.1 Å². The molecule has 7 nitrogen and oxygen atoms in total. The minimum Gasteiger partial charge on any atom is -0.469 e. The molecule has 37 heavy (non-hydrogen) atoms. The molecule has 0 fully saturated rings. The standard InChI is InChI=1S/C28H28BrFN2O5/c1-28(2,3)37-27(35)31-16-17-6-5-7-18(10-17)19-11-21(14-23(30)13-19)26(34)32-24-9-8-22(29)12-20(24)15-25(33)36-4/h5-14H,15-16H2,1-4H3,(H,31,35)(H,32,34). The summed E-state index contributed by atoms with van der Waals surface area (Å²) in [5.74, 6) is -1.56. The molecular weight excluding hydrogens is 543 g/mol. The van der Waals surface area contributed by atoms with Crippen LogP contribution in [0.4, 0.5) is 14.9 Å². The highest BCUT2D eigenvalue weighted by Gasteiger charge is 2.17. The van der Waals surface area contributed by atoms with Crippen molar-refractivity contribution in [2.75, 3.05) is 12.4 Å². The third-order valence-electron chi connectivity index (χ3n) is 5.13. The van der Waals surface area contributed by atoms with Gasteiger partial charge in [-0.2, -0.15) is 0 Å². The number of esters is 1. The number of hydrogen-bond donors (Lipinski definition) is 2. The highest BCUT2D eigenvalue weighted by atomic mass is 79.9. The van der Waals surface area contributed by atoms with Gasteiger partial charge in [0.1, 0.15) is 11.4 Å². The summed E-state index contributed by atoms with van der Waals surface area (Å²) in [6.07, 6.45) is -0.577. The highest BCUT2D eigenvalue weighted by Crippen LogP contribution is 2.26. The van der Waals surface area contributed by atoms with Crippen molar-refractivity contribution in [2.45, 2.75) is 39.3 Å². The van der Waals surface area contributed by atoms with Gasteiger partial charge in [-0.05, 0) is 85.5 Å². The predicted molar refractivity (Wildman–Crippen MR) is 143 cm³/mol. The van der Waals surface area contributed by atoms with Gasteiger partial charge < -0.3 is 20.1 Å². The lowest BCUT2D eigenvalue weighted by Gasteiger charge is -2.19. The topological polar surface area (TPSA) is 93.7 Å². The molecule has 0 heterocycles. The molecule has 0 saturated carbocycles. The molecule has 0 bridgehead atoms. The van der Waals surface area contributed by atoms with Crippen LogP contribution in [0.15, 0.2) is 65.1 Å². The highest BCUT2D eigenvalue weighted by molar-refractivity contribution is 9.10. The molecule has 3 rings (SSSR count). The Morgan fingerprint density at radius 2 is 1.73 bits per heavy atom. The van der Waals surface area contributed by atoms with Crippen LogP contribution in [-0.4, -0.2) is 30.7 Å². The van der Waals surface area contributed by atoms with Gasteiger partial charge in [0.25, 0.3) is 5.91 Å². The Hall–Kier alpha value is -3.72. The molecule has 3 aromatic rings. The number of nitrogens with one attached hydrogen (secondary N) is 2. The maximum absolute atomic E-state index is 14.6. The van der Waals surface area contributed by atoms with Gasteiger partial charge in [0.15, 0.2) is 0 Å². The van der Waals surface area contributed by atoms with E-state index in [0.717, 1.165) is 16.1 Å². The maximum Gasteiger partial charge on any atom is 0.407 e. The first-order valence-electron chi connectivity index (χ1n) is 11.5. The van der Waals surface area contributed by atoms with Crippen molar-refractivity contribution >= 4 is 39.6 Å². The van der Waals surface area contributed by atoms with Gasteiger partial charge in [0, 0.05) is 22.3 Å². The molecule has 0 saturated heterocycles. The second kappa shape index (κ2) is 12.0. The molecule has 2 N–H and O–H groups in total. The summed E-state index contributed by atoms with van der Waals surface area (Å²) in [5, 5.41) is 5.45. The van der Waals surface area contributed by atoms with Crippen LogP contribution in [0.1, 0.15) is 42.3 Å². The fraction of sp³-hybridized carbons (Fsp3) is 0.250. The molecular formula is C28H28BrFN2O5. The van der Waals surface area contributed by atoms with Crippen LogP contribution >= 0.6 is 15.9 Å². The second-order valence-corrected chi connectivity index (χ2v) is 10.2. The third-order valence-corrected chi connectivity index (χ3v) is 5.63. The van der Waals surface area contributed by atoms with Gasteiger partial charge in [0.2, 0.25) is 0 Å². The van der Waals surface area contributed by atoms with Crippen LogP contribution in [0.2, 0.25) is 0 Å². The number of carbonyl (C=O) groups is 3. The number of carbonyl (C=O) groups excluding carboxylic acids is 3. The smallest absolute Gasteiger partial charge is 0.407 e. The molecule has 194 valence electrons. The van der Waals surface area contributed by atoms with Crippen molar-refractivity contribution in [1.29, 1.82) is 0 Å². The van der Waals surface area contributed by atoms with E-state index in [1.807, 2.05) is 6.07 Å². The van der Waals surface area contributed by atoms with Crippen molar-refractivity contribution < 1.29 is 28.2 Å². The molecule has 0 radical (unpaired) electrons.